The maximum Gasteiger partial charge on any atom is 0.355 e. The Balaban J connectivity index is 2.98. The van der Waals surface area contributed by atoms with Crippen molar-refractivity contribution in [2.75, 3.05) is 0 Å². The van der Waals surface area contributed by atoms with Gasteiger partial charge in [0.25, 0.3) is 0 Å². The molecule has 2 rings (SSSR count). The minimum absolute atomic E-state index is 0.0835. The lowest BCUT2D eigenvalue weighted by molar-refractivity contribution is 0.0693. The molecular weight excluding hydrogens is 317 g/mol. The summed E-state index contributed by atoms with van der Waals surface area (Å²) in [6.45, 7) is 0. The maximum absolute atomic E-state index is 11.0. The SMILES string of the molecule is O=C(O)c1ncc(Br)c2cc(Cl)cc(Cl)c12. The van der Waals surface area contributed by atoms with Gasteiger partial charge in [0.15, 0.2) is 5.69 Å². The maximum atomic E-state index is 11.0. The van der Waals surface area contributed by atoms with Gasteiger partial charge in [-0.15, -0.1) is 0 Å². The van der Waals surface area contributed by atoms with Crippen LogP contribution in [-0.2, 0) is 0 Å². The number of hydrogen-bond acceptors (Lipinski definition) is 2. The second kappa shape index (κ2) is 4.20. The highest BCUT2D eigenvalue weighted by molar-refractivity contribution is 9.10. The fraction of sp³-hybridized carbons (Fsp3) is 0. The van der Waals surface area contributed by atoms with E-state index in [0.29, 0.717) is 20.3 Å². The molecule has 0 fully saturated rings. The van der Waals surface area contributed by atoms with Crippen LogP contribution in [0.5, 0.6) is 0 Å². The second-order valence-corrected chi connectivity index (χ2v) is 4.77. The van der Waals surface area contributed by atoms with E-state index in [-0.39, 0.29) is 10.7 Å². The first-order chi connectivity index (χ1) is 7.50. The zero-order valence-corrected chi connectivity index (χ0v) is 10.8. The number of fused-ring (bicyclic) bond motifs is 1. The second-order valence-electron chi connectivity index (χ2n) is 3.07. The van der Waals surface area contributed by atoms with Crippen molar-refractivity contribution in [3.63, 3.8) is 0 Å². The van der Waals surface area contributed by atoms with Crippen LogP contribution in [0.4, 0.5) is 0 Å². The van der Waals surface area contributed by atoms with Crippen LogP contribution in [-0.4, -0.2) is 16.1 Å². The monoisotopic (exact) mass is 319 g/mol. The summed E-state index contributed by atoms with van der Waals surface area (Å²) in [6, 6.07) is 3.13. The molecular formula is C10H4BrCl2NO2. The summed E-state index contributed by atoms with van der Waals surface area (Å²) in [4.78, 5) is 14.8. The Kier molecular flexibility index (Phi) is 3.06. The summed E-state index contributed by atoms with van der Waals surface area (Å²) >= 11 is 15.1. The number of aromatic nitrogens is 1. The van der Waals surface area contributed by atoms with E-state index in [1.165, 1.54) is 12.3 Å². The van der Waals surface area contributed by atoms with Crippen molar-refractivity contribution in [1.82, 2.24) is 4.98 Å². The average Bonchev–Trinajstić information content (AvgIpc) is 2.19. The number of carbonyl (C=O) groups is 1. The molecule has 0 unspecified atom stereocenters. The topological polar surface area (TPSA) is 50.2 Å². The lowest BCUT2D eigenvalue weighted by Gasteiger charge is -2.06. The van der Waals surface area contributed by atoms with Crippen molar-refractivity contribution >= 4 is 55.9 Å². The van der Waals surface area contributed by atoms with Crippen LogP contribution in [0.25, 0.3) is 10.8 Å². The molecule has 0 radical (unpaired) electrons. The van der Waals surface area contributed by atoms with Crippen molar-refractivity contribution < 1.29 is 9.90 Å². The number of benzene rings is 1. The third-order valence-electron chi connectivity index (χ3n) is 2.06. The largest absolute Gasteiger partial charge is 0.476 e. The van der Waals surface area contributed by atoms with Gasteiger partial charge in [-0.2, -0.15) is 0 Å². The molecule has 0 saturated heterocycles. The first-order valence-corrected chi connectivity index (χ1v) is 5.72. The first-order valence-electron chi connectivity index (χ1n) is 4.17. The van der Waals surface area contributed by atoms with Gasteiger partial charge >= 0.3 is 5.97 Å². The minimum Gasteiger partial charge on any atom is -0.476 e. The summed E-state index contributed by atoms with van der Waals surface area (Å²) in [7, 11) is 0. The highest BCUT2D eigenvalue weighted by Crippen LogP contribution is 2.33. The number of pyridine rings is 1. The molecule has 0 bridgehead atoms. The Morgan fingerprint density at radius 2 is 2.06 bits per heavy atom. The zero-order valence-electron chi connectivity index (χ0n) is 7.67. The Labute approximate surface area is 109 Å². The number of carboxylic acids is 1. The molecule has 1 heterocycles. The molecule has 1 aromatic carbocycles. The van der Waals surface area contributed by atoms with Gasteiger partial charge in [0, 0.05) is 26.5 Å². The molecule has 0 amide bonds. The van der Waals surface area contributed by atoms with E-state index in [0.717, 1.165) is 0 Å². The van der Waals surface area contributed by atoms with Gasteiger partial charge in [0.05, 0.1) is 5.02 Å². The van der Waals surface area contributed by atoms with Gasteiger partial charge in [0.1, 0.15) is 0 Å². The molecule has 2 aromatic rings. The number of rotatable bonds is 1. The van der Waals surface area contributed by atoms with E-state index < -0.39 is 5.97 Å². The lowest BCUT2D eigenvalue weighted by atomic mass is 10.1. The molecule has 0 aliphatic heterocycles. The van der Waals surface area contributed by atoms with E-state index in [1.54, 1.807) is 6.07 Å². The standard InChI is InChI=1S/C10H4BrCl2NO2/c11-6-3-14-9(10(15)16)8-5(6)1-4(12)2-7(8)13/h1-3H,(H,15,16). The molecule has 1 aromatic heterocycles. The molecule has 3 nitrogen and oxygen atoms in total. The lowest BCUT2D eigenvalue weighted by Crippen LogP contribution is -2.01. The fourth-order valence-electron chi connectivity index (χ4n) is 1.42. The summed E-state index contributed by atoms with van der Waals surface area (Å²) in [5, 5.41) is 10.7. The molecule has 1 N–H and O–H groups in total. The highest BCUT2D eigenvalue weighted by atomic mass is 79.9. The minimum atomic E-state index is -1.12. The smallest absolute Gasteiger partial charge is 0.355 e. The Bertz CT molecular complexity index is 601. The number of aromatic carboxylic acids is 1. The van der Waals surface area contributed by atoms with Gasteiger partial charge in [0.2, 0.25) is 0 Å². The Hall–Kier alpha value is -0.840. The summed E-state index contributed by atoms with van der Waals surface area (Å²) in [5.41, 5.74) is -0.0835. The van der Waals surface area contributed by atoms with Gasteiger partial charge in [-0.25, -0.2) is 9.78 Å². The molecule has 0 spiro atoms. The van der Waals surface area contributed by atoms with E-state index in [2.05, 4.69) is 20.9 Å². The van der Waals surface area contributed by atoms with Crippen LogP contribution >= 0.6 is 39.1 Å². The van der Waals surface area contributed by atoms with Crippen molar-refractivity contribution in [3.05, 3.63) is 38.5 Å². The van der Waals surface area contributed by atoms with Gasteiger partial charge in [-0.3, -0.25) is 0 Å². The van der Waals surface area contributed by atoms with Crippen LogP contribution < -0.4 is 0 Å². The third-order valence-corrected chi connectivity index (χ3v) is 3.21. The van der Waals surface area contributed by atoms with Crippen LogP contribution in [0.3, 0.4) is 0 Å². The van der Waals surface area contributed by atoms with Crippen molar-refractivity contribution in [2.45, 2.75) is 0 Å². The highest BCUT2D eigenvalue weighted by Gasteiger charge is 2.15. The molecule has 6 heteroatoms. The van der Waals surface area contributed by atoms with Crippen LogP contribution in [0.1, 0.15) is 10.5 Å². The van der Waals surface area contributed by atoms with Gasteiger partial charge in [-0.05, 0) is 28.1 Å². The number of hydrogen-bond donors (Lipinski definition) is 1. The Morgan fingerprint density at radius 3 is 2.69 bits per heavy atom. The molecule has 0 aliphatic carbocycles. The summed E-state index contributed by atoms with van der Waals surface area (Å²) < 4.78 is 0.650. The first kappa shape index (κ1) is 11.6. The van der Waals surface area contributed by atoms with E-state index in [1.807, 2.05) is 0 Å². The molecule has 0 atom stereocenters. The summed E-state index contributed by atoms with van der Waals surface area (Å²) in [5.74, 6) is -1.12. The molecule has 0 aliphatic rings. The zero-order chi connectivity index (χ0) is 11.9. The fourth-order valence-corrected chi connectivity index (χ4v) is 2.42. The average molecular weight is 321 g/mol. The van der Waals surface area contributed by atoms with Gasteiger partial charge < -0.3 is 5.11 Å². The normalized spacial score (nSPS) is 10.7. The Morgan fingerprint density at radius 1 is 1.38 bits per heavy atom. The number of carboxylic acid groups (broad SMARTS) is 1. The predicted molar refractivity (Wildman–Crippen MR) is 66.4 cm³/mol. The number of halogens is 3. The van der Waals surface area contributed by atoms with Crippen LogP contribution in [0.15, 0.2) is 22.8 Å². The van der Waals surface area contributed by atoms with E-state index >= 15 is 0 Å². The van der Waals surface area contributed by atoms with Crippen molar-refractivity contribution in [3.8, 4) is 0 Å². The van der Waals surface area contributed by atoms with Crippen molar-refractivity contribution in [1.29, 1.82) is 0 Å². The summed E-state index contributed by atoms with van der Waals surface area (Å²) in [6.07, 6.45) is 1.42. The molecule has 0 saturated carbocycles. The third kappa shape index (κ3) is 1.88. The van der Waals surface area contributed by atoms with Crippen molar-refractivity contribution in [2.24, 2.45) is 0 Å². The quantitative estimate of drug-likeness (QED) is 0.864. The van der Waals surface area contributed by atoms with E-state index in [9.17, 15) is 4.79 Å². The van der Waals surface area contributed by atoms with Crippen LogP contribution in [0.2, 0.25) is 10.0 Å². The van der Waals surface area contributed by atoms with Gasteiger partial charge in [-0.1, -0.05) is 23.2 Å². The molecule has 16 heavy (non-hydrogen) atoms. The number of nitrogens with zero attached hydrogens (tertiary/aromatic N) is 1. The predicted octanol–water partition coefficient (Wildman–Crippen LogP) is 4.00. The van der Waals surface area contributed by atoms with Crippen LogP contribution in [0, 0.1) is 0 Å². The molecule has 82 valence electrons. The van der Waals surface area contributed by atoms with E-state index in [4.69, 9.17) is 28.3 Å².